The van der Waals surface area contributed by atoms with Crippen LogP contribution in [-0.4, -0.2) is 42.6 Å². The topological polar surface area (TPSA) is 52.6 Å². The maximum absolute atomic E-state index is 13.5. The SMILES string of the molecule is C[C@H](CC(=O)N(C)C)NC[C@H](O)c1c(F)cccc1F. The van der Waals surface area contributed by atoms with Gasteiger partial charge < -0.3 is 15.3 Å². The molecule has 0 aliphatic rings. The van der Waals surface area contributed by atoms with Crippen LogP contribution in [0.25, 0.3) is 0 Å². The molecule has 0 fully saturated rings. The summed E-state index contributed by atoms with van der Waals surface area (Å²) in [6, 6.07) is 3.24. The number of rotatable bonds is 6. The van der Waals surface area contributed by atoms with E-state index in [9.17, 15) is 18.7 Å². The van der Waals surface area contributed by atoms with Crippen molar-refractivity contribution >= 4 is 5.91 Å². The lowest BCUT2D eigenvalue weighted by molar-refractivity contribution is -0.129. The molecule has 2 atom stereocenters. The molecular weight excluding hydrogens is 266 g/mol. The highest BCUT2D eigenvalue weighted by atomic mass is 19.1. The second-order valence-corrected chi connectivity index (χ2v) is 4.95. The number of carbonyl (C=O) groups excluding carboxylic acids is 1. The molecule has 1 aromatic rings. The average molecular weight is 286 g/mol. The largest absolute Gasteiger partial charge is 0.387 e. The third-order valence-corrected chi connectivity index (χ3v) is 2.97. The summed E-state index contributed by atoms with van der Waals surface area (Å²) in [7, 11) is 3.30. The molecule has 4 nitrogen and oxygen atoms in total. The minimum atomic E-state index is -1.30. The van der Waals surface area contributed by atoms with Crippen LogP contribution in [0.5, 0.6) is 0 Å². The van der Waals surface area contributed by atoms with E-state index >= 15 is 0 Å². The van der Waals surface area contributed by atoms with Crippen LogP contribution in [0.15, 0.2) is 18.2 Å². The molecule has 0 bridgehead atoms. The van der Waals surface area contributed by atoms with Gasteiger partial charge in [-0.3, -0.25) is 4.79 Å². The van der Waals surface area contributed by atoms with Crippen LogP contribution in [0.2, 0.25) is 0 Å². The normalized spacial score (nSPS) is 13.9. The lowest BCUT2D eigenvalue weighted by atomic mass is 10.1. The van der Waals surface area contributed by atoms with E-state index in [1.165, 1.54) is 11.0 Å². The number of nitrogens with zero attached hydrogens (tertiary/aromatic N) is 1. The summed E-state index contributed by atoms with van der Waals surface area (Å²) in [5, 5.41) is 12.7. The van der Waals surface area contributed by atoms with Gasteiger partial charge in [-0.25, -0.2) is 8.78 Å². The van der Waals surface area contributed by atoms with Crippen molar-refractivity contribution in [2.75, 3.05) is 20.6 Å². The standard InChI is InChI=1S/C14H20F2N2O2/c1-9(7-13(20)18(2)3)17-8-12(19)14-10(15)5-4-6-11(14)16/h4-6,9,12,17,19H,7-8H2,1-3H3/t9-,12+/m1/s1. The molecule has 20 heavy (non-hydrogen) atoms. The molecule has 0 radical (unpaired) electrons. The van der Waals surface area contributed by atoms with E-state index in [4.69, 9.17) is 0 Å². The molecule has 0 aromatic heterocycles. The van der Waals surface area contributed by atoms with E-state index in [0.717, 1.165) is 12.1 Å². The molecule has 0 aliphatic carbocycles. The van der Waals surface area contributed by atoms with E-state index in [-0.39, 0.29) is 30.5 Å². The molecule has 0 saturated heterocycles. The van der Waals surface area contributed by atoms with Gasteiger partial charge in [-0.2, -0.15) is 0 Å². The fraction of sp³-hybridized carbons (Fsp3) is 0.500. The second-order valence-electron chi connectivity index (χ2n) is 4.95. The first-order valence-corrected chi connectivity index (χ1v) is 6.38. The van der Waals surface area contributed by atoms with Gasteiger partial charge >= 0.3 is 0 Å². The van der Waals surface area contributed by atoms with Crippen LogP contribution in [-0.2, 0) is 4.79 Å². The third-order valence-electron chi connectivity index (χ3n) is 2.97. The minimum absolute atomic E-state index is 0.0280. The second kappa shape index (κ2) is 7.31. The third kappa shape index (κ3) is 4.54. The fourth-order valence-corrected chi connectivity index (χ4v) is 1.76. The van der Waals surface area contributed by atoms with Crippen molar-refractivity contribution < 1.29 is 18.7 Å². The van der Waals surface area contributed by atoms with Crippen LogP contribution in [0, 0.1) is 11.6 Å². The number of carbonyl (C=O) groups is 1. The van der Waals surface area contributed by atoms with E-state index in [1.54, 1.807) is 21.0 Å². The molecule has 0 aliphatic heterocycles. The van der Waals surface area contributed by atoms with Gasteiger partial charge in [-0.05, 0) is 19.1 Å². The van der Waals surface area contributed by atoms with Gasteiger partial charge in [-0.1, -0.05) is 6.07 Å². The summed E-state index contributed by atoms with van der Waals surface area (Å²) in [6.07, 6.45) is -1.05. The van der Waals surface area contributed by atoms with Crippen molar-refractivity contribution in [1.82, 2.24) is 10.2 Å². The smallest absolute Gasteiger partial charge is 0.223 e. The van der Waals surface area contributed by atoms with Crippen molar-refractivity contribution in [3.63, 3.8) is 0 Å². The van der Waals surface area contributed by atoms with Crippen molar-refractivity contribution in [2.45, 2.75) is 25.5 Å². The molecule has 6 heteroatoms. The Morgan fingerprint density at radius 1 is 1.35 bits per heavy atom. The lowest BCUT2D eigenvalue weighted by Crippen LogP contribution is -2.35. The first-order chi connectivity index (χ1) is 9.32. The van der Waals surface area contributed by atoms with Gasteiger partial charge in [0.15, 0.2) is 0 Å². The Bertz CT molecular complexity index is 446. The first kappa shape index (κ1) is 16.5. The Morgan fingerprint density at radius 2 is 1.90 bits per heavy atom. The highest BCUT2D eigenvalue weighted by Gasteiger charge is 2.19. The maximum atomic E-state index is 13.5. The molecule has 0 unspecified atom stereocenters. The summed E-state index contributed by atoms with van der Waals surface area (Å²) in [5.74, 6) is -1.62. The number of nitrogens with one attached hydrogen (secondary N) is 1. The summed E-state index contributed by atoms with van der Waals surface area (Å²) in [6.45, 7) is 1.74. The van der Waals surface area contributed by atoms with Crippen LogP contribution in [0.3, 0.4) is 0 Å². The van der Waals surface area contributed by atoms with Crippen LogP contribution < -0.4 is 5.32 Å². The number of aliphatic hydroxyl groups is 1. The molecule has 1 rings (SSSR count). The van der Waals surface area contributed by atoms with E-state index in [2.05, 4.69) is 5.32 Å². The van der Waals surface area contributed by atoms with Crippen molar-refractivity contribution in [3.8, 4) is 0 Å². The van der Waals surface area contributed by atoms with Crippen LogP contribution in [0.4, 0.5) is 8.78 Å². The molecular formula is C14H20F2N2O2. The number of halogens is 2. The van der Waals surface area contributed by atoms with Gasteiger partial charge in [-0.15, -0.1) is 0 Å². The van der Waals surface area contributed by atoms with Gasteiger partial charge in [0.25, 0.3) is 0 Å². The molecule has 0 heterocycles. The van der Waals surface area contributed by atoms with Crippen LogP contribution in [0.1, 0.15) is 25.0 Å². The Balaban J connectivity index is 2.55. The maximum Gasteiger partial charge on any atom is 0.223 e. The van der Waals surface area contributed by atoms with Crippen molar-refractivity contribution in [1.29, 1.82) is 0 Å². The predicted molar refractivity (Wildman–Crippen MR) is 72.1 cm³/mol. The van der Waals surface area contributed by atoms with Crippen molar-refractivity contribution in [2.24, 2.45) is 0 Å². The fourth-order valence-electron chi connectivity index (χ4n) is 1.76. The lowest BCUT2D eigenvalue weighted by Gasteiger charge is -2.19. The first-order valence-electron chi connectivity index (χ1n) is 6.38. The van der Waals surface area contributed by atoms with Gasteiger partial charge in [0, 0.05) is 33.1 Å². The number of benzene rings is 1. The Hall–Kier alpha value is -1.53. The molecule has 0 saturated carbocycles. The van der Waals surface area contributed by atoms with E-state index in [1.807, 2.05) is 0 Å². The Labute approximate surface area is 117 Å². The molecule has 1 amide bonds. The number of aliphatic hydroxyl groups excluding tert-OH is 1. The Morgan fingerprint density at radius 3 is 2.40 bits per heavy atom. The average Bonchev–Trinajstić information content (AvgIpc) is 2.36. The zero-order chi connectivity index (χ0) is 15.3. The van der Waals surface area contributed by atoms with Gasteiger partial charge in [0.05, 0.1) is 11.7 Å². The highest BCUT2D eigenvalue weighted by Crippen LogP contribution is 2.20. The zero-order valence-corrected chi connectivity index (χ0v) is 11.9. The quantitative estimate of drug-likeness (QED) is 0.832. The van der Waals surface area contributed by atoms with Crippen LogP contribution >= 0.6 is 0 Å². The number of hydrogen-bond donors (Lipinski definition) is 2. The summed E-state index contributed by atoms with van der Waals surface area (Å²) >= 11 is 0. The van der Waals surface area contributed by atoms with Crippen molar-refractivity contribution in [3.05, 3.63) is 35.4 Å². The molecule has 112 valence electrons. The Kier molecular flexibility index (Phi) is 6.04. The van der Waals surface area contributed by atoms with E-state index < -0.39 is 17.7 Å². The molecule has 0 spiro atoms. The summed E-state index contributed by atoms with van der Waals surface area (Å²) in [5.41, 5.74) is -0.355. The minimum Gasteiger partial charge on any atom is -0.387 e. The summed E-state index contributed by atoms with van der Waals surface area (Å²) in [4.78, 5) is 12.9. The molecule has 1 aromatic carbocycles. The summed E-state index contributed by atoms with van der Waals surface area (Å²) < 4.78 is 26.9. The number of hydrogen-bond acceptors (Lipinski definition) is 3. The predicted octanol–water partition coefficient (Wildman–Crippen LogP) is 1.45. The van der Waals surface area contributed by atoms with Gasteiger partial charge in [0.2, 0.25) is 5.91 Å². The van der Waals surface area contributed by atoms with E-state index in [0.29, 0.717) is 0 Å². The van der Waals surface area contributed by atoms with Gasteiger partial charge in [0.1, 0.15) is 11.6 Å². The number of amides is 1. The zero-order valence-electron chi connectivity index (χ0n) is 11.9. The monoisotopic (exact) mass is 286 g/mol. The highest BCUT2D eigenvalue weighted by molar-refractivity contribution is 5.76. The molecule has 2 N–H and O–H groups in total.